The van der Waals surface area contributed by atoms with Crippen molar-refractivity contribution >= 4 is 100 Å². The van der Waals surface area contributed by atoms with E-state index in [4.69, 9.17) is 30.4 Å². The van der Waals surface area contributed by atoms with Crippen LogP contribution >= 0.6 is 11.8 Å². The van der Waals surface area contributed by atoms with Crippen LogP contribution in [0.3, 0.4) is 0 Å². The van der Waals surface area contributed by atoms with E-state index in [1.807, 2.05) is 71.9 Å². The Bertz CT molecular complexity index is 3420. The lowest BCUT2D eigenvalue weighted by atomic mass is 9.83. The average Bonchev–Trinajstić information content (AvgIpc) is 1.53. The van der Waals surface area contributed by atoms with Crippen LogP contribution < -0.4 is 43.4 Å². The van der Waals surface area contributed by atoms with E-state index in [1.165, 1.54) is 26.0 Å². The van der Waals surface area contributed by atoms with Crippen molar-refractivity contribution in [3.8, 4) is 0 Å². The minimum absolute atomic E-state index is 0.00547. The fourth-order valence-electron chi connectivity index (χ4n) is 14.2. The Morgan fingerprint density at radius 2 is 1.32 bits per heavy atom. The first kappa shape index (κ1) is 99.8. The van der Waals surface area contributed by atoms with Crippen LogP contribution in [0.4, 0.5) is 15.3 Å². The second kappa shape index (κ2) is 52.2. The molecule has 32 heteroatoms. The zero-order valence-electron chi connectivity index (χ0n) is 69.6. The van der Waals surface area contributed by atoms with Gasteiger partial charge in [-0.1, -0.05) is 125 Å². The fourth-order valence-corrected chi connectivity index (χ4v) is 15.4. The molecule has 0 saturated carbocycles. The van der Waals surface area contributed by atoms with Crippen molar-refractivity contribution in [2.75, 3.05) is 85.3 Å². The zero-order chi connectivity index (χ0) is 85.5. The van der Waals surface area contributed by atoms with E-state index >= 15 is 0 Å². The normalized spacial score (nSPS) is 16.2. The number of amides is 10. The number of aliphatic carboxylic acids is 1. The number of likely N-dealkylation sites (N-methyl/N-ethyl adjacent to an activating group) is 2. The molecule has 640 valence electrons. The van der Waals surface area contributed by atoms with E-state index in [1.54, 1.807) is 75.9 Å². The number of ketones is 4. The number of primary amides is 1. The van der Waals surface area contributed by atoms with E-state index in [2.05, 4.69) is 31.9 Å². The molecule has 31 nitrogen and oxygen atoms in total. The first-order valence-corrected chi connectivity index (χ1v) is 41.0. The number of carbonyl (C=O) groups is 14. The molecule has 1 fully saturated rings. The number of rotatable bonds is 56. The van der Waals surface area contributed by atoms with Crippen molar-refractivity contribution in [2.45, 2.75) is 233 Å². The van der Waals surface area contributed by atoms with Crippen molar-refractivity contribution in [1.82, 2.24) is 41.3 Å². The van der Waals surface area contributed by atoms with E-state index in [0.29, 0.717) is 56.3 Å². The summed E-state index contributed by atoms with van der Waals surface area (Å²) in [6.45, 7) is 20.4. The molecule has 3 rings (SSSR count). The first-order chi connectivity index (χ1) is 53.9. The number of nitrogens with one attached hydrogen (secondary N) is 6. The fraction of sp³-hybridized carbons (Fsp3) is 0.683. The number of thioether (sulfide) groups is 1. The predicted molar refractivity (Wildman–Crippen MR) is 433 cm³/mol. The Hall–Kier alpha value is -8.43. The number of nitrogens with two attached hydrogens (primary N) is 2. The number of aliphatic hydroxyl groups is 1. The Morgan fingerprint density at radius 1 is 0.667 bits per heavy atom. The Morgan fingerprint density at radius 3 is 1.90 bits per heavy atom. The molecule has 2 aromatic rings. The van der Waals surface area contributed by atoms with Gasteiger partial charge in [0, 0.05) is 122 Å². The molecule has 12 N–H and O–H groups in total. The summed E-state index contributed by atoms with van der Waals surface area (Å²) in [4.78, 5) is 190. The summed E-state index contributed by atoms with van der Waals surface area (Å²) >= 11 is 0.835. The second-order valence-corrected chi connectivity index (χ2v) is 32.2. The number of carboxylic acid groups (broad SMARTS) is 1. The van der Waals surface area contributed by atoms with Crippen molar-refractivity contribution in [1.29, 1.82) is 0 Å². The SMILES string of the molecule is CC[C@H](C)[C@@H]([C@@H](CC(=O)N1CCC[C@H]1[C@@H](OC)[C@@H](C)C(=O)C[C@H](C)[C@@H](O)c1ccccc1)OC)N(C)C(=O)C(CC(=O)[C@@H](C(C)C)N(C)C(=O)OCc1ccc(NC(=O)[C@H](CCCNC(N)=O)CC(=O)[C@H](NC(=O)CCCCCNC(=O)CC(SCC(NC(=O)CCOCCNC(=O)CN)C(C)=O)C(=O)O)C(C)C)cc1)C(C)C. The largest absolute Gasteiger partial charge is 0.480 e. The molecular formula is C82H131N11O20S. The molecule has 114 heavy (non-hydrogen) atoms. The summed E-state index contributed by atoms with van der Waals surface area (Å²) < 4.78 is 23.2. The van der Waals surface area contributed by atoms with Gasteiger partial charge < -0.3 is 87.2 Å². The maximum Gasteiger partial charge on any atom is 0.410 e. The molecule has 0 bridgehead atoms. The van der Waals surface area contributed by atoms with Crippen LogP contribution in [0.1, 0.15) is 190 Å². The molecule has 1 saturated heterocycles. The number of anilines is 1. The molecule has 14 atom stereocenters. The average molecular weight is 1620 g/mol. The quantitative estimate of drug-likeness (QED) is 0.0309. The van der Waals surface area contributed by atoms with Gasteiger partial charge in [-0.3, -0.25) is 57.5 Å². The highest BCUT2D eigenvalue weighted by Crippen LogP contribution is 2.34. The number of likely N-dealkylation sites (tertiary alicyclic amines) is 1. The standard InChI is InChI=1S/C82H131N11O20S/c1-16-52(8)75(66(110-14)44-72(102)93-38-24-28-62(93)77(111-15)54(10)63(95)41-53(9)76(103)57-25-19-17-20-26-57)91(12)79(105)60(49(2)3)43-65(97)74(51(6)7)92(13)82(109)113-47-56-30-32-59(33-31-56)88-78(104)58(27-23-36-87-81(84)108)42-64(96)73(50(4)5)90-68(98)29-21-18-22-35-85-70(100)45-67(80(106)107)114-48-61(55(11)94)89-69(99)34-39-112-40-37-86-71(101)46-83/h17,19-20,25-26,30-33,49-54,58,60-62,66-67,73-77,103H,16,18,21-24,27-29,34-48,83H2,1-15H3,(H,85,100)(H,86,101)(H,88,104)(H,89,99)(H,90,98)(H,106,107)(H3,84,87,108)/t52-,53-,54-,58+,60?,61?,62-,66+,67?,73+,74+,75-,76+,77-/m0/s1. The highest BCUT2D eigenvalue weighted by Gasteiger charge is 2.44. The van der Waals surface area contributed by atoms with Crippen LogP contribution in [-0.2, 0) is 83.1 Å². The van der Waals surface area contributed by atoms with Crippen LogP contribution in [0.15, 0.2) is 54.6 Å². The summed E-state index contributed by atoms with van der Waals surface area (Å²) in [5.41, 5.74) is 12.1. The Balaban J connectivity index is 1.60. The molecule has 0 radical (unpaired) electrons. The summed E-state index contributed by atoms with van der Waals surface area (Å²) in [6.07, 6.45) is -0.214. The monoisotopic (exact) mass is 1620 g/mol. The molecule has 1 heterocycles. The number of carbonyl (C=O) groups excluding carboxylic acids is 13. The highest BCUT2D eigenvalue weighted by molar-refractivity contribution is 8.00. The number of ether oxygens (including phenoxy) is 4. The third kappa shape index (κ3) is 34.2. The van der Waals surface area contributed by atoms with E-state index in [9.17, 15) is 77.3 Å². The maximum atomic E-state index is 14.9. The van der Waals surface area contributed by atoms with Crippen LogP contribution in [0, 0.1) is 47.3 Å². The van der Waals surface area contributed by atoms with E-state index < -0.39 is 137 Å². The lowest BCUT2D eigenvalue weighted by Crippen LogP contribution is -2.54. The minimum atomic E-state index is -1.28. The van der Waals surface area contributed by atoms with Crippen LogP contribution in [0.25, 0.3) is 0 Å². The number of Topliss-reactive ketones (excluding diaryl/α,β-unsaturated/α-hetero) is 4. The van der Waals surface area contributed by atoms with Crippen molar-refractivity contribution in [3.05, 3.63) is 65.7 Å². The van der Waals surface area contributed by atoms with Gasteiger partial charge in [-0.05, 0) is 98.3 Å². The number of hydrogen-bond acceptors (Lipinski definition) is 21. The molecule has 0 spiro atoms. The van der Waals surface area contributed by atoms with Gasteiger partial charge in [-0.25, -0.2) is 9.59 Å². The Labute approximate surface area is 677 Å². The third-order valence-electron chi connectivity index (χ3n) is 21.1. The van der Waals surface area contributed by atoms with Crippen molar-refractivity contribution in [3.63, 3.8) is 0 Å². The van der Waals surface area contributed by atoms with Crippen LogP contribution in [0.2, 0.25) is 0 Å². The molecule has 0 aromatic heterocycles. The number of nitrogens with zero attached hydrogens (tertiary/aromatic N) is 3. The zero-order valence-corrected chi connectivity index (χ0v) is 70.4. The number of aliphatic hydroxyl groups excluding tert-OH is 1. The first-order valence-electron chi connectivity index (χ1n) is 39.9. The number of carboxylic acids is 1. The van der Waals surface area contributed by atoms with Gasteiger partial charge in [-0.15, -0.1) is 11.8 Å². The van der Waals surface area contributed by atoms with Gasteiger partial charge in [-0.2, -0.15) is 0 Å². The van der Waals surface area contributed by atoms with Crippen LogP contribution in [-0.4, -0.2) is 235 Å². The highest BCUT2D eigenvalue weighted by atomic mass is 32.2. The summed E-state index contributed by atoms with van der Waals surface area (Å²) in [6, 6.07) is 10.9. The Kier molecular flexibility index (Phi) is 45.7. The number of unbranched alkanes of at least 4 members (excludes halogenated alkanes) is 2. The molecule has 1 aliphatic rings. The van der Waals surface area contributed by atoms with Gasteiger partial charge in [0.05, 0.1) is 74.7 Å². The lowest BCUT2D eigenvalue weighted by Gasteiger charge is -2.41. The van der Waals surface area contributed by atoms with Gasteiger partial charge in [0.25, 0.3) is 0 Å². The summed E-state index contributed by atoms with van der Waals surface area (Å²) in [5, 5.41) is 35.6. The minimum Gasteiger partial charge on any atom is -0.480 e. The molecular weight excluding hydrogens is 1490 g/mol. The lowest BCUT2D eigenvalue weighted by molar-refractivity contribution is -0.149. The van der Waals surface area contributed by atoms with Gasteiger partial charge in [0.2, 0.25) is 41.4 Å². The molecule has 1 aliphatic heterocycles. The summed E-state index contributed by atoms with van der Waals surface area (Å²) in [7, 11) is 6.19. The smallest absolute Gasteiger partial charge is 0.410 e. The van der Waals surface area contributed by atoms with Crippen molar-refractivity contribution < 1.29 is 96.3 Å². The number of urea groups is 1. The molecule has 2 aromatic carbocycles. The molecule has 3 unspecified atom stereocenters. The number of benzene rings is 2. The summed E-state index contributed by atoms with van der Waals surface area (Å²) in [5.74, 6) is -9.45. The van der Waals surface area contributed by atoms with Gasteiger partial charge in [0.15, 0.2) is 17.3 Å². The maximum absolute atomic E-state index is 14.9. The van der Waals surface area contributed by atoms with Gasteiger partial charge >= 0.3 is 18.1 Å². The van der Waals surface area contributed by atoms with Crippen molar-refractivity contribution in [2.24, 2.45) is 58.8 Å². The van der Waals surface area contributed by atoms with E-state index in [-0.39, 0.29) is 156 Å². The second-order valence-electron chi connectivity index (χ2n) is 30.9. The van der Waals surface area contributed by atoms with Crippen LogP contribution in [0.5, 0.6) is 0 Å². The number of hydrogen-bond donors (Lipinski definition) is 10. The van der Waals surface area contributed by atoms with E-state index in [0.717, 1.165) is 17.3 Å². The van der Waals surface area contributed by atoms with Gasteiger partial charge in [0.1, 0.15) is 17.6 Å². The molecule has 10 amide bonds. The number of methoxy groups -OCH3 is 2. The predicted octanol–water partition coefficient (Wildman–Crippen LogP) is 6.67. The molecule has 0 aliphatic carbocycles. The topological polar surface area (TPSA) is 450 Å². The third-order valence-corrected chi connectivity index (χ3v) is 22.4.